The smallest absolute Gasteiger partial charge is 0.289 e. The highest BCUT2D eigenvalue weighted by atomic mass is 16.3. The Morgan fingerprint density at radius 1 is 1.33 bits per heavy atom. The molecule has 146 valence electrons. The number of aryl methyl sites for hydroxylation is 3. The van der Waals surface area contributed by atoms with Crippen molar-refractivity contribution >= 4 is 11.8 Å². The number of likely N-dealkylation sites (tertiary alicyclic amines) is 1. The summed E-state index contributed by atoms with van der Waals surface area (Å²) in [5.74, 6) is 0.301. The van der Waals surface area contributed by atoms with Crippen LogP contribution in [0, 0.1) is 20.8 Å². The average molecular weight is 372 g/mol. The molecule has 0 spiro atoms. The number of amides is 2. The van der Waals surface area contributed by atoms with Gasteiger partial charge < -0.3 is 14.2 Å². The Morgan fingerprint density at radius 3 is 2.67 bits per heavy atom. The first-order valence-electron chi connectivity index (χ1n) is 9.37. The molecule has 3 heterocycles. The molecule has 0 aromatic carbocycles. The highest BCUT2D eigenvalue weighted by molar-refractivity contribution is 5.91. The number of carbonyl (C=O) groups is 2. The first-order valence-corrected chi connectivity index (χ1v) is 9.37. The van der Waals surface area contributed by atoms with Gasteiger partial charge in [0.1, 0.15) is 0 Å². The van der Waals surface area contributed by atoms with Crippen molar-refractivity contribution in [2.75, 3.05) is 20.1 Å². The first-order chi connectivity index (χ1) is 12.8. The van der Waals surface area contributed by atoms with Crippen molar-refractivity contribution in [2.24, 2.45) is 7.05 Å². The van der Waals surface area contributed by atoms with Crippen LogP contribution >= 0.6 is 0 Å². The standard InChI is InChI=1S/C20H28N4O3/c1-13-9-18(27-12-13)20(26)22(4)16-7-6-8-24(11-16)19(25)10-17-14(2)21-23(5)15(17)3/h9,12,16H,6-8,10-11H2,1-5H3. The van der Waals surface area contributed by atoms with Gasteiger partial charge in [-0.15, -0.1) is 0 Å². The van der Waals surface area contributed by atoms with E-state index in [0.29, 0.717) is 18.7 Å². The number of hydrogen-bond acceptors (Lipinski definition) is 4. The molecule has 1 atom stereocenters. The summed E-state index contributed by atoms with van der Waals surface area (Å²) in [4.78, 5) is 29.1. The van der Waals surface area contributed by atoms with Crippen LogP contribution in [0.3, 0.4) is 0 Å². The third-order valence-corrected chi connectivity index (χ3v) is 5.55. The summed E-state index contributed by atoms with van der Waals surface area (Å²) in [5, 5.41) is 4.39. The second kappa shape index (κ2) is 7.58. The van der Waals surface area contributed by atoms with E-state index in [9.17, 15) is 9.59 Å². The van der Waals surface area contributed by atoms with Crippen molar-refractivity contribution in [1.29, 1.82) is 0 Å². The molecule has 2 aromatic rings. The fourth-order valence-electron chi connectivity index (χ4n) is 3.72. The summed E-state index contributed by atoms with van der Waals surface area (Å²) < 4.78 is 7.15. The second-order valence-corrected chi connectivity index (χ2v) is 7.49. The van der Waals surface area contributed by atoms with E-state index in [1.165, 1.54) is 0 Å². The van der Waals surface area contributed by atoms with Crippen molar-refractivity contribution in [3.8, 4) is 0 Å². The van der Waals surface area contributed by atoms with Crippen molar-refractivity contribution in [3.05, 3.63) is 40.6 Å². The van der Waals surface area contributed by atoms with Gasteiger partial charge in [-0.2, -0.15) is 5.10 Å². The average Bonchev–Trinajstić information content (AvgIpc) is 3.19. The van der Waals surface area contributed by atoms with Gasteiger partial charge in [0.15, 0.2) is 5.76 Å². The molecular weight excluding hydrogens is 344 g/mol. The van der Waals surface area contributed by atoms with Crippen molar-refractivity contribution in [1.82, 2.24) is 19.6 Å². The van der Waals surface area contributed by atoms with Gasteiger partial charge in [-0.05, 0) is 45.2 Å². The summed E-state index contributed by atoms with van der Waals surface area (Å²) in [5.41, 5.74) is 3.85. The Kier molecular flexibility index (Phi) is 5.39. The molecule has 1 unspecified atom stereocenters. The maximum Gasteiger partial charge on any atom is 0.289 e. The van der Waals surface area contributed by atoms with E-state index in [1.54, 1.807) is 24.3 Å². The third kappa shape index (κ3) is 3.91. The van der Waals surface area contributed by atoms with E-state index >= 15 is 0 Å². The van der Waals surface area contributed by atoms with Crippen molar-refractivity contribution in [3.63, 3.8) is 0 Å². The lowest BCUT2D eigenvalue weighted by molar-refractivity contribution is -0.132. The van der Waals surface area contributed by atoms with Crippen LogP contribution in [0.2, 0.25) is 0 Å². The molecule has 2 aromatic heterocycles. The first kappa shape index (κ1) is 19.2. The van der Waals surface area contributed by atoms with E-state index in [0.717, 1.165) is 41.9 Å². The van der Waals surface area contributed by atoms with E-state index in [4.69, 9.17) is 4.42 Å². The fourth-order valence-corrected chi connectivity index (χ4v) is 3.72. The molecule has 1 fully saturated rings. The van der Waals surface area contributed by atoms with Gasteiger partial charge in [-0.3, -0.25) is 14.3 Å². The summed E-state index contributed by atoms with van der Waals surface area (Å²) in [6, 6.07) is 1.75. The van der Waals surface area contributed by atoms with Gasteiger partial charge >= 0.3 is 0 Å². The van der Waals surface area contributed by atoms with Gasteiger partial charge in [0.2, 0.25) is 5.91 Å². The Hall–Kier alpha value is -2.57. The Bertz CT molecular complexity index is 852. The minimum atomic E-state index is -0.138. The van der Waals surface area contributed by atoms with Crippen molar-refractivity contribution < 1.29 is 14.0 Å². The normalized spacial score (nSPS) is 17.2. The molecule has 1 aliphatic heterocycles. The molecule has 0 saturated carbocycles. The van der Waals surface area contributed by atoms with E-state index < -0.39 is 0 Å². The number of likely N-dealkylation sites (N-methyl/N-ethyl adjacent to an activating group) is 1. The molecule has 1 saturated heterocycles. The molecule has 0 bridgehead atoms. The Morgan fingerprint density at radius 2 is 2.07 bits per heavy atom. The van der Waals surface area contributed by atoms with Gasteiger partial charge in [0.25, 0.3) is 5.91 Å². The molecular formula is C20H28N4O3. The van der Waals surface area contributed by atoms with E-state index in [2.05, 4.69) is 5.10 Å². The Labute approximate surface area is 159 Å². The molecule has 0 N–H and O–H groups in total. The summed E-state index contributed by atoms with van der Waals surface area (Å²) in [6.45, 7) is 7.10. The lowest BCUT2D eigenvalue weighted by atomic mass is 10.0. The molecule has 3 rings (SSSR count). The van der Waals surface area contributed by atoms with Crippen LogP contribution in [0.5, 0.6) is 0 Å². The highest BCUT2D eigenvalue weighted by Crippen LogP contribution is 2.20. The van der Waals surface area contributed by atoms with Crippen LogP contribution in [-0.4, -0.2) is 57.6 Å². The van der Waals surface area contributed by atoms with Gasteiger partial charge in [-0.1, -0.05) is 0 Å². The predicted molar refractivity (Wildman–Crippen MR) is 102 cm³/mol. The lowest BCUT2D eigenvalue weighted by Crippen LogP contribution is -2.50. The van der Waals surface area contributed by atoms with Gasteiger partial charge in [0.05, 0.1) is 18.4 Å². The maximum atomic E-state index is 12.9. The number of rotatable bonds is 4. The van der Waals surface area contributed by atoms with Crippen LogP contribution in [0.15, 0.2) is 16.7 Å². The molecule has 0 aliphatic carbocycles. The molecule has 7 nitrogen and oxygen atoms in total. The lowest BCUT2D eigenvalue weighted by Gasteiger charge is -2.37. The SMILES string of the molecule is Cc1coc(C(=O)N(C)C2CCCN(C(=O)Cc3c(C)nn(C)c3C)C2)c1. The van der Waals surface area contributed by atoms with Crippen LogP contribution in [-0.2, 0) is 18.3 Å². The zero-order chi connectivity index (χ0) is 19.7. The number of piperidine rings is 1. The minimum absolute atomic E-state index is 0.00306. The largest absolute Gasteiger partial charge is 0.459 e. The quantitative estimate of drug-likeness (QED) is 0.825. The van der Waals surface area contributed by atoms with Gasteiger partial charge in [-0.25, -0.2) is 0 Å². The monoisotopic (exact) mass is 372 g/mol. The fraction of sp³-hybridized carbons (Fsp3) is 0.550. The van der Waals surface area contributed by atoms with Crippen LogP contribution in [0.4, 0.5) is 0 Å². The number of nitrogens with zero attached hydrogens (tertiary/aromatic N) is 4. The molecule has 2 amide bonds. The topological polar surface area (TPSA) is 71.6 Å². The van der Waals surface area contributed by atoms with E-state index in [-0.39, 0.29) is 17.9 Å². The molecule has 7 heteroatoms. The van der Waals surface area contributed by atoms with Crippen LogP contribution in [0.1, 0.15) is 45.9 Å². The summed E-state index contributed by atoms with van der Waals surface area (Å²) >= 11 is 0. The zero-order valence-corrected chi connectivity index (χ0v) is 16.8. The maximum absolute atomic E-state index is 12.9. The minimum Gasteiger partial charge on any atom is -0.459 e. The molecule has 1 aliphatic rings. The zero-order valence-electron chi connectivity index (χ0n) is 16.8. The van der Waals surface area contributed by atoms with Crippen LogP contribution in [0.25, 0.3) is 0 Å². The Balaban J connectivity index is 1.66. The number of furan rings is 1. The van der Waals surface area contributed by atoms with Gasteiger partial charge in [0, 0.05) is 44.5 Å². The summed E-state index contributed by atoms with van der Waals surface area (Å²) in [6.07, 6.45) is 3.70. The highest BCUT2D eigenvalue weighted by Gasteiger charge is 2.30. The molecule has 27 heavy (non-hydrogen) atoms. The third-order valence-electron chi connectivity index (χ3n) is 5.55. The van der Waals surface area contributed by atoms with Crippen LogP contribution < -0.4 is 0 Å². The van der Waals surface area contributed by atoms with Crippen molar-refractivity contribution in [2.45, 2.75) is 46.1 Å². The number of aromatic nitrogens is 2. The number of hydrogen-bond donors (Lipinski definition) is 0. The summed E-state index contributed by atoms with van der Waals surface area (Å²) in [7, 11) is 3.68. The van der Waals surface area contributed by atoms with E-state index in [1.807, 2.05) is 37.4 Å². The number of carbonyl (C=O) groups excluding carboxylic acids is 2. The molecule has 0 radical (unpaired) electrons. The predicted octanol–water partition coefficient (Wildman–Crippen LogP) is 2.24. The second-order valence-electron chi connectivity index (χ2n) is 7.49.